The number of hydrogen-bond acceptors (Lipinski definition) is 5. The first-order valence-corrected chi connectivity index (χ1v) is 7.86. The minimum Gasteiger partial charge on any atom is -0.504 e. The fourth-order valence-electron chi connectivity index (χ4n) is 1.95. The van der Waals surface area contributed by atoms with Crippen LogP contribution < -0.4 is 5.32 Å². The Morgan fingerprint density at radius 3 is 2.27 bits per heavy atom. The summed E-state index contributed by atoms with van der Waals surface area (Å²) >= 11 is 0. The predicted molar refractivity (Wildman–Crippen MR) is 98.6 cm³/mol. The van der Waals surface area contributed by atoms with Gasteiger partial charge >= 0.3 is 5.97 Å². The van der Waals surface area contributed by atoms with Gasteiger partial charge < -0.3 is 25.7 Å². The molecule has 2 aromatic rings. The summed E-state index contributed by atoms with van der Waals surface area (Å²) in [6.45, 7) is 5.72. The quantitative estimate of drug-likeness (QED) is 0.420. The number of nitrogens with one attached hydrogen (secondary N) is 1. The maximum Gasteiger partial charge on any atom is 0.335 e. The molecule has 0 saturated carbocycles. The van der Waals surface area contributed by atoms with Gasteiger partial charge in [0, 0.05) is 17.3 Å². The Hall–Kier alpha value is -3.48. The van der Waals surface area contributed by atoms with Crippen molar-refractivity contribution in [3.05, 3.63) is 53.1 Å². The number of amides is 1. The van der Waals surface area contributed by atoms with E-state index in [-0.39, 0.29) is 11.1 Å². The Morgan fingerprint density at radius 2 is 1.65 bits per heavy atom. The molecular weight excluding hydrogens is 338 g/mol. The summed E-state index contributed by atoms with van der Waals surface area (Å²) in [6, 6.07) is 6.85. The lowest BCUT2D eigenvalue weighted by atomic mass is 10.1. The topological polar surface area (TPSA) is 127 Å². The summed E-state index contributed by atoms with van der Waals surface area (Å²) in [5, 5.41) is 39.8. The first-order chi connectivity index (χ1) is 12.3. The van der Waals surface area contributed by atoms with Gasteiger partial charge in [-0.1, -0.05) is 19.9 Å². The number of anilines is 1. The molecule has 2 rings (SSSR count). The summed E-state index contributed by atoms with van der Waals surface area (Å²) in [7, 11) is 0. The smallest absolute Gasteiger partial charge is 0.335 e. The van der Waals surface area contributed by atoms with Gasteiger partial charge in [0.05, 0.1) is 5.56 Å². The lowest BCUT2D eigenvalue weighted by Crippen LogP contribution is -2.10. The average molecular weight is 359 g/mol. The third kappa shape index (κ3) is 5.01. The van der Waals surface area contributed by atoms with Crippen molar-refractivity contribution in [1.82, 2.24) is 0 Å². The minimum absolute atomic E-state index is 0.0426. The molecule has 0 aromatic heterocycles. The third-order valence-electron chi connectivity index (χ3n) is 3.32. The van der Waals surface area contributed by atoms with Gasteiger partial charge in [0.25, 0.3) is 0 Å². The molecule has 0 atom stereocenters. The molecule has 7 nitrogen and oxygen atoms in total. The largest absolute Gasteiger partial charge is 0.504 e. The Balaban J connectivity index is 0.00000163. The third-order valence-corrected chi connectivity index (χ3v) is 3.32. The number of carboxylic acids is 1. The number of aromatic hydroxyl groups is 3. The molecular formula is C19H21NO6. The van der Waals surface area contributed by atoms with Crippen molar-refractivity contribution < 1.29 is 30.0 Å². The normalized spacial score (nSPS) is 10.1. The van der Waals surface area contributed by atoms with Crippen LogP contribution in [0.4, 0.5) is 5.69 Å². The Bertz CT molecular complexity index is 842. The molecule has 0 radical (unpaired) electrons. The van der Waals surface area contributed by atoms with Crippen LogP contribution in [-0.2, 0) is 4.79 Å². The zero-order valence-electron chi connectivity index (χ0n) is 14.6. The van der Waals surface area contributed by atoms with Gasteiger partial charge in [0.1, 0.15) is 0 Å². The predicted octanol–water partition coefficient (Wildman–Crippen LogP) is 3.49. The fourth-order valence-corrected chi connectivity index (χ4v) is 1.95. The van der Waals surface area contributed by atoms with Crippen molar-refractivity contribution in [3.8, 4) is 17.2 Å². The van der Waals surface area contributed by atoms with E-state index in [1.165, 1.54) is 30.3 Å². The molecule has 0 heterocycles. The van der Waals surface area contributed by atoms with Crippen LogP contribution in [0.2, 0.25) is 0 Å². The highest BCUT2D eigenvalue weighted by molar-refractivity contribution is 6.03. The van der Waals surface area contributed by atoms with Crippen LogP contribution in [0, 0.1) is 6.92 Å². The van der Waals surface area contributed by atoms with Gasteiger partial charge in [-0.25, -0.2) is 4.79 Å². The van der Waals surface area contributed by atoms with E-state index in [9.17, 15) is 24.9 Å². The lowest BCUT2D eigenvalue weighted by molar-refractivity contribution is -0.111. The molecule has 1 amide bonds. The molecule has 138 valence electrons. The SMILES string of the molecule is CC.Cc1ccc(C(=O)O)cc1NC(=O)/C=C/c1ccc(O)c(O)c1O. The average Bonchev–Trinajstić information content (AvgIpc) is 2.62. The van der Waals surface area contributed by atoms with Crippen molar-refractivity contribution in [2.24, 2.45) is 0 Å². The molecule has 0 aliphatic carbocycles. The van der Waals surface area contributed by atoms with E-state index in [1.807, 2.05) is 13.8 Å². The maximum absolute atomic E-state index is 11.9. The second-order valence-corrected chi connectivity index (χ2v) is 5.03. The Labute approximate surface area is 150 Å². The number of carbonyl (C=O) groups excluding carboxylic acids is 1. The molecule has 0 aliphatic rings. The second-order valence-electron chi connectivity index (χ2n) is 5.03. The van der Waals surface area contributed by atoms with Gasteiger partial charge in [0.15, 0.2) is 11.5 Å². The summed E-state index contributed by atoms with van der Waals surface area (Å²) in [6.07, 6.45) is 2.36. The number of carbonyl (C=O) groups is 2. The molecule has 0 aliphatic heterocycles. The monoisotopic (exact) mass is 359 g/mol. The number of carboxylic acid groups (broad SMARTS) is 1. The molecule has 0 bridgehead atoms. The van der Waals surface area contributed by atoms with Crippen LogP contribution in [0.25, 0.3) is 6.08 Å². The lowest BCUT2D eigenvalue weighted by Gasteiger charge is -2.08. The molecule has 0 spiro atoms. The van der Waals surface area contributed by atoms with Crippen LogP contribution >= 0.6 is 0 Å². The first-order valence-electron chi connectivity index (χ1n) is 7.86. The zero-order chi connectivity index (χ0) is 19.9. The highest BCUT2D eigenvalue weighted by Crippen LogP contribution is 2.37. The van der Waals surface area contributed by atoms with E-state index in [4.69, 9.17) is 5.11 Å². The van der Waals surface area contributed by atoms with Crippen molar-refractivity contribution in [2.45, 2.75) is 20.8 Å². The van der Waals surface area contributed by atoms with E-state index in [1.54, 1.807) is 13.0 Å². The standard InChI is InChI=1S/C17H15NO6.C2H6/c1-9-2-3-11(17(23)24)8-12(9)18-14(20)7-5-10-4-6-13(19)16(22)15(10)21;1-2/h2-8,19,21-22H,1H3,(H,18,20)(H,23,24);1-2H3/b7-5+;. The van der Waals surface area contributed by atoms with Crippen LogP contribution in [0.1, 0.15) is 35.3 Å². The van der Waals surface area contributed by atoms with Crippen molar-refractivity contribution in [2.75, 3.05) is 5.32 Å². The van der Waals surface area contributed by atoms with Gasteiger partial charge in [0.2, 0.25) is 11.7 Å². The number of benzene rings is 2. The second kappa shape index (κ2) is 9.12. The number of rotatable bonds is 4. The van der Waals surface area contributed by atoms with E-state index < -0.39 is 29.1 Å². The molecule has 26 heavy (non-hydrogen) atoms. The van der Waals surface area contributed by atoms with Crippen molar-refractivity contribution >= 4 is 23.6 Å². The summed E-state index contributed by atoms with van der Waals surface area (Å²) in [5.41, 5.74) is 1.21. The van der Waals surface area contributed by atoms with Gasteiger partial charge in [-0.2, -0.15) is 0 Å². The molecule has 2 aromatic carbocycles. The number of aryl methyl sites for hydroxylation is 1. The molecule has 0 unspecified atom stereocenters. The maximum atomic E-state index is 11.9. The van der Waals surface area contributed by atoms with Crippen LogP contribution in [0.5, 0.6) is 17.2 Å². The first kappa shape index (κ1) is 20.6. The van der Waals surface area contributed by atoms with Crippen molar-refractivity contribution in [1.29, 1.82) is 0 Å². The highest BCUT2D eigenvalue weighted by Gasteiger charge is 2.10. The van der Waals surface area contributed by atoms with E-state index >= 15 is 0 Å². The van der Waals surface area contributed by atoms with Crippen LogP contribution in [-0.4, -0.2) is 32.3 Å². The molecule has 7 heteroatoms. The van der Waals surface area contributed by atoms with E-state index in [0.717, 1.165) is 6.08 Å². The number of phenolic OH excluding ortho intramolecular Hbond substituents is 3. The zero-order valence-corrected chi connectivity index (χ0v) is 14.6. The number of phenols is 3. The summed E-state index contributed by atoms with van der Waals surface area (Å²) < 4.78 is 0. The van der Waals surface area contributed by atoms with Crippen LogP contribution in [0.15, 0.2) is 36.4 Å². The van der Waals surface area contributed by atoms with Gasteiger partial charge in [-0.05, 0) is 42.8 Å². The minimum atomic E-state index is -1.11. The van der Waals surface area contributed by atoms with E-state index in [0.29, 0.717) is 11.3 Å². The number of aromatic carboxylic acids is 1. The van der Waals surface area contributed by atoms with Gasteiger partial charge in [-0.15, -0.1) is 0 Å². The summed E-state index contributed by atoms with van der Waals surface area (Å²) in [5.74, 6) is -3.36. The fraction of sp³-hybridized carbons (Fsp3) is 0.158. The number of hydrogen-bond donors (Lipinski definition) is 5. The highest BCUT2D eigenvalue weighted by atomic mass is 16.4. The van der Waals surface area contributed by atoms with E-state index in [2.05, 4.69) is 5.32 Å². The Kier molecular flexibility index (Phi) is 7.21. The molecule has 0 fully saturated rings. The molecule has 0 saturated heterocycles. The molecule has 5 N–H and O–H groups in total. The van der Waals surface area contributed by atoms with Crippen LogP contribution in [0.3, 0.4) is 0 Å². The Morgan fingerprint density at radius 1 is 1.00 bits per heavy atom. The van der Waals surface area contributed by atoms with Crippen molar-refractivity contribution in [3.63, 3.8) is 0 Å². The van der Waals surface area contributed by atoms with Gasteiger partial charge in [-0.3, -0.25) is 4.79 Å². The summed E-state index contributed by atoms with van der Waals surface area (Å²) in [4.78, 5) is 22.9.